The van der Waals surface area contributed by atoms with Gasteiger partial charge in [0, 0.05) is 41.5 Å². The van der Waals surface area contributed by atoms with Crippen molar-refractivity contribution in [2.45, 2.75) is 6.54 Å². The fraction of sp³-hybridized carbons (Fsp3) is 0.0476. The van der Waals surface area contributed by atoms with E-state index < -0.39 is 4.92 Å². The predicted molar refractivity (Wildman–Crippen MR) is 120 cm³/mol. The summed E-state index contributed by atoms with van der Waals surface area (Å²) < 4.78 is 2.08. The second-order valence-corrected chi connectivity index (χ2v) is 7.29. The largest absolute Gasteiger partial charge is 0.342 e. The van der Waals surface area contributed by atoms with Crippen LogP contribution in [-0.4, -0.2) is 20.7 Å². The van der Waals surface area contributed by atoms with E-state index >= 15 is 0 Å². The highest BCUT2D eigenvalue weighted by Crippen LogP contribution is 2.26. The lowest BCUT2D eigenvalue weighted by Crippen LogP contribution is -1.99. The third kappa shape index (κ3) is 4.12. The lowest BCUT2D eigenvalue weighted by atomic mass is 10.2. The van der Waals surface area contributed by atoms with E-state index in [0.29, 0.717) is 16.6 Å². The lowest BCUT2D eigenvalue weighted by molar-refractivity contribution is -0.384. The Morgan fingerprint density at radius 3 is 2.77 bits per heavy atom. The number of benzene rings is 2. The molecule has 30 heavy (non-hydrogen) atoms. The number of pyridine rings is 1. The molecule has 4 rings (SSSR count). The van der Waals surface area contributed by atoms with Crippen molar-refractivity contribution in [3.63, 3.8) is 0 Å². The number of nitrogens with one attached hydrogen (secondary N) is 1. The molecule has 0 radical (unpaired) electrons. The Balaban J connectivity index is 1.63. The summed E-state index contributed by atoms with van der Waals surface area (Å²) in [6, 6.07) is 16.3. The minimum Gasteiger partial charge on any atom is -0.342 e. The Kier molecular flexibility index (Phi) is 5.65. The van der Waals surface area contributed by atoms with Crippen molar-refractivity contribution in [2.75, 3.05) is 5.43 Å². The zero-order valence-corrected chi connectivity index (χ0v) is 17.0. The highest BCUT2D eigenvalue weighted by Gasteiger charge is 2.13. The van der Waals surface area contributed by atoms with E-state index in [1.807, 2.05) is 42.6 Å². The van der Waals surface area contributed by atoms with E-state index in [1.54, 1.807) is 12.3 Å². The first-order valence-corrected chi connectivity index (χ1v) is 9.69. The standard InChI is InChI=1S/C21H15Cl2N5O2/c22-17-8-7-14(10-18(17)23)12-27-13-15(16-4-1-2-5-19(16)27)11-25-26-21-20(28(29)30)6-3-9-24-21/h1-11,13H,12H2,(H,24,26)/b25-11-. The number of para-hydroxylation sites is 1. The number of rotatable bonds is 6. The minimum absolute atomic E-state index is 0.0818. The Morgan fingerprint density at radius 2 is 1.97 bits per heavy atom. The highest BCUT2D eigenvalue weighted by molar-refractivity contribution is 6.42. The molecule has 0 fully saturated rings. The molecule has 4 aromatic rings. The zero-order valence-electron chi connectivity index (χ0n) is 15.5. The van der Waals surface area contributed by atoms with Gasteiger partial charge in [0.15, 0.2) is 0 Å². The van der Waals surface area contributed by atoms with Gasteiger partial charge in [-0.15, -0.1) is 0 Å². The molecule has 2 heterocycles. The molecule has 0 atom stereocenters. The van der Waals surface area contributed by atoms with E-state index in [0.717, 1.165) is 22.0 Å². The summed E-state index contributed by atoms with van der Waals surface area (Å²) in [5.41, 5.74) is 5.40. The van der Waals surface area contributed by atoms with Crippen LogP contribution in [0, 0.1) is 10.1 Å². The van der Waals surface area contributed by atoms with Gasteiger partial charge in [-0.2, -0.15) is 5.10 Å². The molecule has 0 unspecified atom stereocenters. The summed E-state index contributed by atoms with van der Waals surface area (Å²) in [5, 5.41) is 17.3. The van der Waals surface area contributed by atoms with E-state index in [1.165, 1.54) is 18.3 Å². The second kappa shape index (κ2) is 8.52. The molecule has 0 aliphatic heterocycles. The van der Waals surface area contributed by atoms with Crippen LogP contribution in [0.5, 0.6) is 0 Å². The van der Waals surface area contributed by atoms with Crippen LogP contribution in [0.3, 0.4) is 0 Å². The zero-order chi connectivity index (χ0) is 21.1. The maximum absolute atomic E-state index is 11.1. The molecule has 0 amide bonds. The van der Waals surface area contributed by atoms with Crippen molar-refractivity contribution in [3.05, 3.63) is 98.3 Å². The van der Waals surface area contributed by atoms with Gasteiger partial charge in [0.05, 0.1) is 21.2 Å². The van der Waals surface area contributed by atoms with Crippen molar-refractivity contribution < 1.29 is 4.92 Å². The van der Waals surface area contributed by atoms with Crippen molar-refractivity contribution in [2.24, 2.45) is 5.10 Å². The van der Waals surface area contributed by atoms with Gasteiger partial charge in [0.1, 0.15) is 0 Å². The topological polar surface area (TPSA) is 85.3 Å². The number of fused-ring (bicyclic) bond motifs is 1. The Hall–Kier alpha value is -3.42. The summed E-state index contributed by atoms with van der Waals surface area (Å²) in [6.07, 6.45) is 5.05. The number of aromatic nitrogens is 2. The van der Waals surface area contributed by atoms with E-state index in [4.69, 9.17) is 23.2 Å². The molecule has 2 aromatic carbocycles. The summed E-state index contributed by atoms with van der Waals surface area (Å²) in [7, 11) is 0. The summed E-state index contributed by atoms with van der Waals surface area (Å²) in [5.74, 6) is 0.0818. The van der Waals surface area contributed by atoms with Crippen molar-refractivity contribution in [1.29, 1.82) is 0 Å². The average molecular weight is 440 g/mol. The molecular formula is C21H15Cl2N5O2. The van der Waals surface area contributed by atoms with E-state index in [9.17, 15) is 10.1 Å². The Morgan fingerprint density at radius 1 is 1.13 bits per heavy atom. The summed E-state index contributed by atoms with van der Waals surface area (Å²) in [6.45, 7) is 0.602. The lowest BCUT2D eigenvalue weighted by Gasteiger charge is -2.06. The van der Waals surface area contributed by atoms with Crippen LogP contribution in [-0.2, 0) is 6.54 Å². The number of hydrogen-bond acceptors (Lipinski definition) is 5. The number of hydrazone groups is 1. The van der Waals surface area contributed by atoms with Crippen molar-refractivity contribution >= 4 is 51.8 Å². The number of nitrogens with zero attached hydrogens (tertiary/aromatic N) is 4. The Labute approximate surface area is 181 Å². The third-order valence-corrected chi connectivity index (χ3v) is 5.25. The number of halogens is 2. The molecule has 9 heteroatoms. The van der Waals surface area contributed by atoms with Gasteiger partial charge in [-0.3, -0.25) is 15.5 Å². The van der Waals surface area contributed by atoms with Gasteiger partial charge in [-0.05, 0) is 29.8 Å². The normalized spacial score (nSPS) is 11.3. The molecule has 0 saturated heterocycles. The molecule has 0 aliphatic carbocycles. The first kappa shape index (κ1) is 19.9. The molecule has 0 saturated carbocycles. The molecule has 7 nitrogen and oxygen atoms in total. The minimum atomic E-state index is -0.506. The van der Waals surface area contributed by atoms with Crippen LogP contribution in [0.4, 0.5) is 11.5 Å². The molecular weight excluding hydrogens is 425 g/mol. The predicted octanol–water partition coefficient (Wildman–Crippen LogP) is 5.75. The maximum Gasteiger partial charge on any atom is 0.313 e. The van der Waals surface area contributed by atoms with Crippen LogP contribution >= 0.6 is 23.2 Å². The molecule has 0 bridgehead atoms. The fourth-order valence-corrected chi connectivity index (χ4v) is 3.46. The third-order valence-electron chi connectivity index (χ3n) is 4.51. The van der Waals surface area contributed by atoms with Crippen molar-refractivity contribution in [3.8, 4) is 0 Å². The van der Waals surface area contributed by atoms with Crippen LogP contribution in [0.1, 0.15) is 11.1 Å². The van der Waals surface area contributed by atoms with Gasteiger partial charge in [-0.25, -0.2) is 4.98 Å². The van der Waals surface area contributed by atoms with Crippen LogP contribution in [0.15, 0.2) is 72.1 Å². The smallest absolute Gasteiger partial charge is 0.313 e. The number of anilines is 1. The van der Waals surface area contributed by atoms with Crippen molar-refractivity contribution in [1.82, 2.24) is 9.55 Å². The molecule has 0 spiro atoms. The average Bonchev–Trinajstić information content (AvgIpc) is 3.09. The molecule has 2 aromatic heterocycles. The second-order valence-electron chi connectivity index (χ2n) is 6.48. The van der Waals surface area contributed by atoms with Gasteiger partial charge < -0.3 is 4.57 Å². The number of nitro groups is 1. The van der Waals surface area contributed by atoms with Crippen LogP contribution in [0.25, 0.3) is 10.9 Å². The summed E-state index contributed by atoms with van der Waals surface area (Å²) >= 11 is 12.2. The van der Waals surface area contributed by atoms with Crippen LogP contribution < -0.4 is 5.43 Å². The fourth-order valence-electron chi connectivity index (χ4n) is 3.14. The van der Waals surface area contributed by atoms with Crippen LogP contribution in [0.2, 0.25) is 10.0 Å². The number of hydrogen-bond donors (Lipinski definition) is 1. The van der Waals surface area contributed by atoms with Gasteiger partial charge in [0.25, 0.3) is 0 Å². The SMILES string of the molecule is O=[N+]([O-])c1cccnc1N/N=C\c1cn(Cc2ccc(Cl)c(Cl)c2)c2ccccc12. The maximum atomic E-state index is 11.1. The molecule has 0 aliphatic rings. The quantitative estimate of drug-likeness (QED) is 0.235. The highest BCUT2D eigenvalue weighted by atomic mass is 35.5. The van der Waals surface area contributed by atoms with Gasteiger partial charge in [-0.1, -0.05) is 47.5 Å². The van der Waals surface area contributed by atoms with E-state index in [-0.39, 0.29) is 11.5 Å². The first-order chi connectivity index (χ1) is 14.5. The van der Waals surface area contributed by atoms with E-state index in [2.05, 4.69) is 20.1 Å². The van der Waals surface area contributed by atoms with Gasteiger partial charge >= 0.3 is 5.69 Å². The molecule has 150 valence electrons. The first-order valence-electron chi connectivity index (χ1n) is 8.93. The van der Waals surface area contributed by atoms with Gasteiger partial charge in [0.2, 0.25) is 5.82 Å². The Bertz CT molecular complexity index is 1270. The molecule has 1 N–H and O–H groups in total. The monoisotopic (exact) mass is 439 g/mol. The summed E-state index contributed by atoms with van der Waals surface area (Å²) in [4.78, 5) is 14.6.